The van der Waals surface area contributed by atoms with Crippen LogP contribution in [0.4, 0.5) is 0 Å². The zero-order valence-electron chi connectivity index (χ0n) is 21.3. The third-order valence-electron chi connectivity index (χ3n) is 7.34. The average Bonchev–Trinajstić information content (AvgIpc) is 3.56. The number of rotatable bonds is 10. The van der Waals surface area contributed by atoms with Crippen molar-refractivity contribution in [2.24, 2.45) is 5.73 Å². The third kappa shape index (κ3) is 4.93. The van der Waals surface area contributed by atoms with Gasteiger partial charge in [0.25, 0.3) is 5.56 Å². The molecule has 4 aromatic rings. The number of fused-ring (bicyclic) bond motifs is 1. The Kier molecular flexibility index (Phi) is 7.30. The number of amides is 1. The van der Waals surface area contributed by atoms with Gasteiger partial charge in [0.1, 0.15) is 12.3 Å². The molecule has 0 saturated heterocycles. The lowest BCUT2D eigenvalue weighted by atomic mass is 9.96. The molecular formula is C28H31N7O3. The van der Waals surface area contributed by atoms with Gasteiger partial charge in [-0.15, -0.1) is 10.2 Å². The van der Waals surface area contributed by atoms with Crippen molar-refractivity contribution in [1.82, 2.24) is 30.0 Å². The summed E-state index contributed by atoms with van der Waals surface area (Å²) < 4.78 is 3.68. The first-order valence-electron chi connectivity index (χ1n) is 13.0. The van der Waals surface area contributed by atoms with Crippen molar-refractivity contribution in [3.63, 3.8) is 0 Å². The summed E-state index contributed by atoms with van der Waals surface area (Å²) in [5.74, 6) is 0.202. The molecule has 38 heavy (non-hydrogen) atoms. The van der Waals surface area contributed by atoms with Crippen molar-refractivity contribution in [1.29, 1.82) is 0 Å². The lowest BCUT2D eigenvalue weighted by Gasteiger charge is -2.30. The molecule has 2 atom stereocenters. The highest BCUT2D eigenvalue weighted by atomic mass is 16.1. The van der Waals surface area contributed by atoms with Crippen LogP contribution in [0, 0.1) is 0 Å². The summed E-state index contributed by atoms with van der Waals surface area (Å²) in [6.45, 7) is 2.09. The van der Waals surface area contributed by atoms with Crippen molar-refractivity contribution >= 4 is 12.2 Å². The minimum Gasteiger partial charge on any atom is -0.370 e. The first kappa shape index (κ1) is 25.3. The summed E-state index contributed by atoms with van der Waals surface area (Å²) in [7, 11) is 0. The van der Waals surface area contributed by atoms with Gasteiger partial charge in [0, 0.05) is 35.7 Å². The van der Waals surface area contributed by atoms with E-state index in [0.717, 1.165) is 47.1 Å². The largest absolute Gasteiger partial charge is 0.370 e. The van der Waals surface area contributed by atoms with Crippen LogP contribution in [0.1, 0.15) is 67.9 Å². The molecule has 0 spiro atoms. The van der Waals surface area contributed by atoms with E-state index >= 15 is 0 Å². The second-order valence-electron chi connectivity index (χ2n) is 9.88. The fourth-order valence-electron chi connectivity index (χ4n) is 5.45. The van der Waals surface area contributed by atoms with Gasteiger partial charge >= 0.3 is 0 Å². The molecule has 1 amide bonds. The van der Waals surface area contributed by atoms with Crippen molar-refractivity contribution in [3.05, 3.63) is 75.7 Å². The van der Waals surface area contributed by atoms with Crippen molar-refractivity contribution in [3.8, 4) is 22.5 Å². The predicted molar refractivity (Wildman–Crippen MR) is 142 cm³/mol. The molecule has 3 N–H and O–H groups in total. The predicted octanol–water partition coefficient (Wildman–Crippen LogP) is 3.38. The third-order valence-corrected chi connectivity index (χ3v) is 7.34. The van der Waals surface area contributed by atoms with Gasteiger partial charge in [0.05, 0.1) is 0 Å². The SMILES string of the molecule is CC1CCC(C=O)n2c(=O)c(Cc3ccc(-c4ccccc4-c4nn[nH]n4)cc3)c(CCCCC(N)=O)n21. The van der Waals surface area contributed by atoms with Crippen LogP contribution < -0.4 is 11.3 Å². The Balaban J connectivity index is 1.47. The molecule has 3 heterocycles. The Morgan fingerprint density at radius 2 is 1.84 bits per heavy atom. The second-order valence-corrected chi connectivity index (χ2v) is 9.88. The molecule has 2 unspecified atom stereocenters. The van der Waals surface area contributed by atoms with Crippen LogP contribution in [0.25, 0.3) is 22.5 Å². The van der Waals surface area contributed by atoms with Gasteiger partial charge in [-0.05, 0) is 60.9 Å². The Bertz CT molecular complexity index is 1490. The summed E-state index contributed by atoms with van der Waals surface area (Å²) in [5.41, 5.74) is 10.7. The maximum Gasteiger partial charge on any atom is 0.271 e. The maximum absolute atomic E-state index is 13.6. The lowest BCUT2D eigenvalue weighted by Crippen LogP contribution is -2.35. The molecule has 0 aliphatic carbocycles. The summed E-state index contributed by atoms with van der Waals surface area (Å²) >= 11 is 0. The van der Waals surface area contributed by atoms with E-state index in [9.17, 15) is 14.4 Å². The van der Waals surface area contributed by atoms with Crippen LogP contribution in [0.2, 0.25) is 0 Å². The first-order valence-corrected chi connectivity index (χ1v) is 13.0. The van der Waals surface area contributed by atoms with Gasteiger partial charge in [-0.2, -0.15) is 5.21 Å². The number of aldehydes is 1. The summed E-state index contributed by atoms with van der Waals surface area (Å²) in [4.78, 5) is 36.7. The normalized spacial score (nSPS) is 16.8. The quantitative estimate of drug-likeness (QED) is 0.246. The van der Waals surface area contributed by atoms with E-state index in [-0.39, 0.29) is 17.5 Å². The number of nitrogens with two attached hydrogens (primary N) is 1. The standard InChI is InChI=1S/C28H31N7O3/c1-18-10-15-21(17-36)35-28(38)24(25(34(18)35)8-4-5-9-26(29)37)16-19-11-13-20(14-12-19)22-6-2-3-7-23(22)27-30-32-33-31-27/h2-3,6-7,11-14,17-18,21H,4-5,8-10,15-16H2,1H3,(H2,29,37)(H,30,31,32,33). The second kappa shape index (κ2) is 11.0. The summed E-state index contributed by atoms with van der Waals surface area (Å²) in [6.07, 6.45) is 5.19. The molecule has 5 rings (SSSR count). The molecule has 10 heteroatoms. The highest BCUT2D eigenvalue weighted by Gasteiger charge is 2.31. The van der Waals surface area contributed by atoms with Gasteiger partial charge in [-0.3, -0.25) is 14.3 Å². The number of hydrogen-bond acceptors (Lipinski definition) is 6. The van der Waals surface area contributed by atoms with Crippen LogP contribution in [0.5, 0.6) is 0 Å². The minimum atomic E-state index is -0.458. The maximum atomic E-state index is 13.6. The minimum absolute atomic E-state index is 0.106. The van der Waals surface area contributed by atoms with E-state index in [4.69, 9.17) is 5.73 Å². The molecule has 0 saturated carbocycles. The average molecular weight is 514 g/mol. The molecular weight excluding hydrogens is 482 g/mol. The van der Waals surface area contributed by atoms with Crippen LogP contribution in [0.3, 0.4) is 0 Å². The number of carbonyl (C=O) groups excluding carboxylic acids is 2. The topological polar surface area (TPSA) is 142 Å². The lowest BCUT2D eigenvalue weighted by molar-refractivity contribution is -0.118. The zero-order valence-corrected chi connectivity index (χ0v) is 21.3. The number of aromatic nitrogens is 6. The highest BCUT2D eigenvalue weighted by Crippen LogP contribution is 2.32. The van der Waals surface area contributed by atoms with E-state index < -0.39 is 6.04 Å². The molecule has 2 aromatic heterocycles. The van der Waals surface area contributed by atoms with E-state index in [0.29, 0.717) is 43.5 Å². The highest BCUT2D eigenvalue weighted by molar-refractivity contribution is 5.80. The Hall–Kier alpha value is -4.34. The van der Waals surface area contributed by atoms with E-state index in [2.05, 4.69) is 27.5 Å². The van der Waals surface area contributed by atoms with Crippen molar-refractivity contribution < 1.29 is 9.59 Å². The number of tetrazole rings is 1. The fraction of sp³-hybridized carbons (Fsp3) is 0.357. The van der Waals surface area contributed by atoms with Gasteiger partial charge in [-0.25, -0.2) is 4.68 Å². The van der Waals surface area contributed by atoms with E-state index in [1.807, 2.05) is 53.2 Å². The number of primary amides is 1. The Morgan fingerprint density at radius 1 is 1.08 bits per heavy atom. The Morgan fingerprint density at radius 3 is 2.53 bits per heavy atom. The monoisotopic (exact) mass is 513 g/mol. The van der Waals surface area contributed by atoms with Crippen molar-refractivity contribution in [2.75, 3.05) is 0 Å². The van der Waals surface area contributed by atoms with E-state index in [1.165, 1.54) is 0 Å². The van der Waals surface area contributed by atoms with Crippen molar-refractivity contribution in [2.45, 2.75) is 64.0 Å². The van der Waals surface area contributed by atoms with Gasteiger partial charge in [0.2, 0.25) is 11.7 Å². The van der Waals surface area contributed by atoms with Gasteiger partial charge in [-0.1, -0.05) is 48.5 Å². The number of benzene rings is 2. The van der Waals surface area contributed by atoms with Gasteiger partial charge in [0.15, 0.2) is 0 Å². The number of H-pyrrole nitrogens is 1. The molecule has 196 valence electrons. The first-order chi connectivity index (χ1) is 18.5. The van der Waals surface area contributed by atoms with E-state index in [1.54, 1.807) is 4.68 Å². The Labute approximate surface area is 219 Å². The molecule has 2 aromatic carbocycles. The smallest absolute Gasteiger partial charge is 0.271 e. The number of carbonyl (C=O) groups is 2. The molecule has 1 aliphatic rings. The van der Waals surface area contributed by atoms with Crippen LogP contribution >= 0.6 is 0 Å². The fourth-order valence-corrected chi connectivity index (χ4v) is 5.45. The van der Waals surface area contributed by atoms with Gasteiger partial charge < -0.3 is 10.5 Å². The van der Waals surface area contributed by atoms with Crippen LogP contribution in [0.15, 0.2) is 53.3 Å². The molecule has 0 fully saturated rings. The molecule has 1 aliphatic heterocycles. The number of nitrogens with one attached hydrogen (secondary N) is 1. The summed E-state index contributed by atoms with van der Waals surface area (Å²) in [6, 6.07) is 15.6. The number of nitrogens with zero attached hydrogens (tertiary/aromatic N) is 5. The zero-order chi connectivity index (χ0) is 26.6. The summed E-state index contributed by atoms with van der Waals surface area (Å²) in [5, 5.41) is 14.4. The number of hydrogen-bond donors (Lipinski definition) is 2. The molecule has 0 radical (unpaired) electrons. The van der Waals surface area contributed by atoms with Crippen LogP contribution in [-0.2, 0) is 22.4 Å². The number of unbranched alkanes of at least 4 members (excludes halogenated alkanes) is 1. The number of aromatic amines is 1. The molecule has 0 bridgehead atoms. The van der Waals surface area contributed by atoms with Crippen LogP contribution in [-0.4, -0.2) is 42.2 Å². The molecule has 10 nitrogen and oxygen atoms in total.